The van der Waals surface area contributed by atoms with Crippen LogP contribution in [0.1, 0.15) is 29.8 Å². The lowest BCUT2D eigenvalue weighted by Crippen LogP contribution is -2.30. The van der Waals surface area contributed by atoms with Crippen molar-refractivity contribution < 1.29 is 18.0 Å². The topological polar surface area (TPSA) is 54.0 Å². The molecule has 2 rings (SSSR count). The van der Waals surface area contributed by atoms with Crippen LogP contribution in [0.5, 0.6) is 0 Å². The molecule has 0 bridgehead atoms. The van der Waals surface area contributed by atoms with Gasteiger partial charge >= 0.3 is 6.18 Å². The highest BCUT2D eigenvalue weighted by molar-refractivity contribution is 6.33. The van der Waals surface area contributed by atoms with Gasteiger partial charge in [-0.05, 0) is 44.2 Å². The van der Waals surface area contributed by atoms with Crippen molar-refractivity contribution in [1.82, 2.24) is 10.3 Å². The Morgan fingerprint density at radius 3 is 2.46 bits per heavy atom. The number of carbonyl (C=O) groups is 1. The first-order chi connectivity index (χ1) is 11.2. The van der Waals surface area contributed by atoms with E-state index in [-0.39, 0.29) is 28.5 Å². The molecule has 0 atom stereocenters. The van der Waals surface area contributed by atoms with E-state index in [4.69, 9.17) is 11.6 Å². The van der Waals surface area contributed by atoms with Gasteiger partial charge in [0.2, 0.25) is 0 Å². The van der Waals surface area contributed by atoms with Crippen molar-refractivity contribution in [2.75, 3.05) is 5.32 Å². The van der Waals surface area contributed by atoms with Gasteiger partial charge in [-0.1, -0.05) is 11.6 Å². The highest BCUT2D eigenvalue weighted by Gasteiger charge is 2.31. The molecule has 0 aliphatic rings. The van der Waals surface area contributed by atoms with Crippen LogP contribution in [-0.4, -0.2) is 16.9 Å². The van der Waals surface area contributed by atoms with Gasteiger partial charge in [-0.2, -0.15) is 13.2 Å². The minimum atomic E-state index is -4.47. The molecule has 0 fully saturated rings. The first kappa shape index (κ1) is 18.1. The normalized spacial score (nSPS) is 11.5. The van der Waals surface area contributed by atoms with Gasteiger partial charge in [0.1, 0.15) is 5.82 Å². The number of hydrogen-bond acceptors (Lipinski definition) is 3. The first-order valence-corrected chi connectivity index (χ1v) is 7.45. The zero-order valence-corrected chi connectivity index (χ0v) is 13.7. The van der Waals surface area contributed by atoms with Crippen LogP contribution in [-0.2, 0) is 6.18 Å². The van der Waals surface area contributed by atoms with E-state index in [0.717, 1.165) is 18.2 Å². The van der Waals surface area contributed by atoms with E-state index in [1.807, 2.05) is 13.8 Å². The third-order valence-corrected chi connectivity index (χ3v) is 3.33. The van der Waals surface area contributed by atoms with Crippen molar-refractivity contribution in [2.45, 2.75) is 26.1 Å². The average molecular weight is 358 g/mol. The van der Waals surface area contributed by atoms with Crippen molar-refractivity contribution in [3.05, 3.63) is 52.7 Å². The number of alkyl halides is 3. The molecular formula is C16H15ClF3N3O. The zero-order chi connectivity index (χ0) is 17.9. The van der Waals surface area contributed by atoms with Crippen molar-refractivity contribution >= 4 is 29.0 Å². The molecule has 8 heteroatoms. The Kier molecular flexibility index (Phi) is 5.33. The molecule has 128 valence electrons. The Bertz CT molecular complexity index is 730. The van der Waals surface area contributed by atoms with Gasteiger partial charge < -0.3 is 10.6 Å². The summed E-state index contributed by atoms with van der Waals surface area (Å²) in [4.78, 5) is 15.8. The summed E-state index contributed by atoms with van der Waals surface area (Å²) in [5.74, 6) is -0.00141. The number of carbonyl (C=O) groups excluding carboxylic acids is 1. The van der Waals surface area contributed by atoms with Crippen molar-refractivity contribution in [1.29, 1.82) is 0 Å². The lowest BCUT2D eigenvalue weighted by molar-refractivity contribution is -0.137. The highest BCUT2D eigenvalue weighted by atomic mass is 35.5. The van der Waals surface area contributed by atoms with Gasteiger partial charge in [0.25, 0.3) is 5.91 Å². The number of pyridine rings is 1. The van der Waals surface area contributed by atoms with E-state index in [0.29, 0.717) is 5.56 Å². The maximum atomic E-state index is 12.8. The van der Waals surface area contributed by atoms with Gasteiger partial charge in [0.05, 0.1) is 21.8 Å². The molecule has 0 radical (unpaired) electrons. The number of nitrogens with one attached hydrogen (secondary N) is 2. The number of amides is 1. The number of nitrogens with zero attached hydrogens (tertiary/aromatic N) is 1. The standard InChI is InChI=1S/C16H15ClF3N3O/c1-9(2)22-15(24)10-3-6-14(21-8-10)23-13-7-11(16(18,19)20)4-5-12(13)17/h3-9H,1-2H3,(H,21,23)(H,22,24). The Labute approximate surface area is 142 Å². The molecule has 0 spiro atoms. The number of benzene rings is 1. The summed E-state index contributed by atoms with van der Waals surface area (Å²) in [7, 11) is 0. The average Bonchev–Trinajstić information content (AvgIpc) is 2.48. The van der Waals surface area contributed by atoms with Crippen LogP contribution in [0.15, 0.2) is 36.5 Å². The minimum Gasteiger partial charge on any atom is -0.350 e. The molecule has 2 aromatic rings. The van der Waals surface area contributed by atoms with Crippen LogP contribution in [0.3, 0.4) is 0 Å². The van der Waals surface area contributed by atoms with Gasteiger partial charge in [-0.3, -0.25) is 4.79 Å². The largest absolute Gasteiger partial charge is 0.416 e. The smallest absolute Gasteiger partial charge is 0.350 e. The first-order valence-electron chi connectivity index (χ1n) is 7.07. The number of aromatic nitrogens is 1. The van der Waals surface area contributed by atoms with E-state index >= 15 is 0 Å². The Morgan fingerprint density at radius 2 is 1.92 bits per heavy atom. The summed E-state index contributed by atoms with van der Waals surface area (Å²) < 4.78 is 38.3. The number of halogens is 4. The van der Waals surface area contributed by atoms with E-state index in [1.165, 1.54) is 18.3 Å². The summed E-state index contributed by atoms with van der Waals surface area (Å²) in [6.45, 7) is 3.66. The third-order valence-electron chi connectivity index (χ3n) is 3.00. The van der Waals surface area contributed by atoms with E-state index < -0.39 is 11.7 Å². The molecule has 1 amide bonds. The van der Waals surface area contributed by atoms with Crippen LogP contribution in [0.4, 0.5) is 24.7 Å². The Morgan fingerprint density at radius 1 is 1.21 bits per heavy atom. The third kappa shape index (κ3) is 4.61. The lowest BCUT2D eigenvalue weighted by Gasteiger charge is -2.12. The molecule has 1 heterocycles. The predicted molar refractivity (Wildman–Crippen MR) is 86.6 cm³/mol. The number of anilines is 2. The minimum absolute atomic E-state index is 0.0146. The lowest BCUT2D eigenvalue weighted by atomic mass is 10.2. The Hall–Kier alpha value is -2.28. The van der Waals surface area contributed by atoms with E-state index in [9.17, 15) is 18.0 Å². The second-order valence-corrected chi connectivity index (χ2v) is 5.78. The molecule has 0 aliphatic carbocycles. The molecule has 0 saturated heterocycles. The number of rotatable bonds is 4. The summed E-state index contributed by atoms with van der Waals surface area (Å²) >= 11 is 5.91. The van der Waals surface area contributed by atoms with Crippen LogP contribution in [0, 0.1) is 0 Å². The quantitative estimate of drug-likeness (QED) is 0.838. The molecule has 0 unspecified atom stereocenters. The SMILES string of the molecule is CC(C)NC(=O)c1ccc(Nc2cc(C(F)(F)F)ccc2Cl)nc1. The van der Waals surface area contributed by atoms with Crippen LogP contribution in [0.2, 0.25) is 5.02 Å². The summed E-state index contributed by atoms with van der Waals surface area (Å²) in [6.07, 6.45) is -3.13. The highest BCUT2D eigenvalue weighted by Crippen LogP contribution is 2.34. The molecule has 2 N–H and O–H groups in total. The fraction of sp³-hybridized carbons (Fsp3) is 0.250. The maximum absolute atomic E-state index is 12.8. The zero-order valence-electron chi connectivity index (χ0n) is 12.9. The van der Waals surface area contributed by atoms with Gasteiger partial charge in [-0.15, -0.1) is 0 Å². The van der Waals surface area contributed by atoms with Crippen LogP contribution < -0.4 is 10.6 Å². The maximum Gasteiger partial charge on any atom is 0.416 e. The fourth-order valence-electron chi connectivity index (χ4n) is 1.88. The summed E-state index contributed by atoms with van der Waals surface area (Å²) in [6, 6.07) is 5.97. The predicted octanol–water partition coefficient (Wildman–Crippen LogP) is 4.64. The van der Waals surface area contributed by atoms with Gasteiger partial charge in [0, 0.05) is 12.2 Å². The fourth-order valence-corrected chi connectivity index (χ4v) is 2.05. The van der Waals surface area contributed by atoms with E-state index in [2.05, 4.69) is 15.6 Å². The summed E-state index contributed by atoms with van der Waals surface area (Å²) in [5.41, 5.74) is -0.384. The molecule has 0 aliphatic heterocycles. The monoisotopic (exact) mass is 357 g/mol. The molecule has 1 aromatic heterocycles. The molecule has 0 saturated carbocycles. The number of hydrogen-bond donors (Lipinski definition) is 2. The summed E-state index contributed by atoms with van der Waals surface area (Å²) in [5, 5.41) is 5.56. The van der Waals surface area contributed by atoms with Crippen LogP contribution in [0.25, 0.3) is 0 Å². The molecule has 24 heavy (non-hydrogen) atoms. The second-order valence-electron chi connectivity index (χ2n) is 5.38. The van der Waals surface area contributed by atoms with Crippen LogP contribution >= 0.6 is 11.6 Å². The molecule has 4 nitrogen and oxygen atoms in total. The van der Waals surface area contributed by atoms with Gasteiger partial charge in [-0.25, -0.2) is 4.98 Å². The second kappa shape index (κ2) is 7.09. The van der Waals surface area contributed by atoms with Gasteiger partial charge in [0.15, 0.2) is 0 Å². The Balaban J connectivity index is 2.18. The van der Waals surface area contributed by atoms with Crippen molar-refractivity contribution in [3.63, 3.8) is 0 Å². The van der Waals surface area contributed by atoms with Crippen molar-refractivity contribution in [2.24, 2.45) is 0 Å². The van der Waals surface area contributed by atoms with Crippen molar-refractivity contribution in [3.8, 4) is 0 Å². The van der Waals surface area contributed by atoms with E-state index in [1.54, 1.807) is 0 Å². The molecular weight excluding hydrogens is 343 g/mol. The molecule has 1 aromatic carbocycles.